The van der Waals surface area contributed by atoms with E-state index >= 15 is 0 Å². The molecule has 1 aromatic carbocycles. The maximum Gasteiger partial charge on any atom is 0.407 e. The summed E-state index contributed by atoms with van der Waals surface area (Å²) in [6.07, 6.45) is -0.0124. The van der Waals surface area contributed by atoms with E-state index in [1.54, 1.807) is 0 Å². The molecule has 300 valence electrons. The molecular formula is C35H60N2O15. The smallest absolute Gasteiger partial charge is 0.407 e. The molecule has 1 aromatic rings. The molecule has 0 atom stereocenters. The van der Waals surface area contributed by atoms with E-state index in [1.807, 2.05) is 30.3 Å². The Morgan fingerprint density at radius 1 is 0.462 bits per heavy atom. The van der Waals surface area contributed by atoms with E-state index in [0.717, 1.165) is 5.56 Å². The largest absolute Gasteiger partial charge is 0.481 e. The van der Waals surface area contributed by atoms with Crippen LogP contribution in [-0.2, 0) is 68.3 Å². The number of hydrogen-bond donors (Lipinski definition) is 3. The molecule has 0 fully saturated rings. The summed E-state index contributed by atoms with van der Waals surface area (Å²) in [5.41, 5.74) is 0.931. The van der Waals surface area contributed by atoms with Crippen molar-refractivity contribution in [3.05, 3.63) is 35.9 Å². The van der Waals surface area contributed by atoms with Crippen molar-refractivity contribution in [2.45, 2.75) is 25.9 Å². The van der Waals surface area contributed by atoms with Crippen molar-refractivity contribution >= 4 is 18.0 Å². The molecule has 0 saturated carbocycles. The Morgan fingerprint density at radius 2 is 0.846 bits per heavy atom. The number of carboxylic acids is 1. The maximum atomic E-state index is 11.6. The molecule has 0 aromatic heterocycles. The second kappa shape index (κ2) is 37.8. The van der Waals surface area contributed by atoms with Crippen molar-refractivity contribution in [3.8, 4) is 0 Å². The highest BCUT2D eigenvalue weighted by molar-refractivity contribution is 5.80. The van der Waals surface area contributed by atoms with Gasteiger partial charge in [0, 0.05) is 26.1 Å². The van der Waals surface area contributed by atoms with E-state index in [2.05, 4.69) is 10.6 Å². The molecule has 0 heterocycles. The minimum absolute atomic E-state index is 0.0143. The standard InChI is InChI=1S/C35H60N2O15/c38-33(7-8-34(39)40)36-9-4-11-42-13-15-44-17-19-46-21-23-48-25-27-50-29-30-51-28-26-49-24-22-47-20-18-45-16-14-43-12-10-37-35(41)52-31-32-5-2-1-3-6-32/h1-3,5-6H,4,7-31H2,(H,36,38)(H,37,41)(H,39,40). The first-order valence-electron chi connectivity index (χ1n) is 17.8. The summed E-state index contributed by atoms with van der Waals surface area (Å²) in [5.74, 6) is -1.26. The minimum atomic E-state index is -0.986. The quantitative estimate of drug-likeness (QED) is 0.0818. The average Bonchev–Trinajstić information content (AvgIpc) is 3.15. The van der Waals surface area contributed by atoms with Gasteiger partial charge in [0.25, 0.3) is 0 Å². The van der Waals surface area contributed by atoms with E-state index < -0.39 is 12.1 Å². The molecule has 0 saturated heterocycles. The van der Waals surface area contributed by atoms with Gasteiger partial charge in [-0.05, 0) is 12.0 Å². The van der Waals surface area contributed by atoms with Gasteiger partial charge in [-0.15, -0.1) is 0 Å². The maximum absolute atomic E-state index is 11.6. The summed E-state index contributed by atoms with van der Waals surface area (Å²) in [6, 6.07) is 9.48. The normalized spacial score (nSPS) is 11.1. The fraction of sp³-hybridized carbons (Fsp3) is 0.743. The van der Waals surface area contributed by atoms with Crippen LogP contribution in [0.15, 0.2) is 30.3 Å². The predicted octanol–water partition coefficient (Wildman–Crippen LogP) is 1.45. The third-order valence-electron chi connectivity index (χ3n) is 6.43. The molecule has 1 rings (SSSR count). The number of aliphatic carboxylic acids is 1. The third kappa shape index (κ3) is 35.4. The van der Waals surface area contributed by atoms with E-state index in [9.17, 15) is 14.4 Å². The highest BCUT2D eigenvalue weighted by atomic mass is 16.6. The zero-order chi connectivity index (χ0) is 37.4. The van der Waals surface area contributed by atoms with Gasteiger partial charge in [-0.3, -0.25) is 9.59 Å². The highest BCUT2D eigenvalue weighted by Gasteiger charge is 2.04. The van der Waals surface area contributed by atoms with Gasteiger partial charge >= 0.3 is 12.1 Å². The Hall–Kier alpha value is -2.97. The first kappa shape index (κ1) is 47.1. The second-order valence-electron chi connectivity index (χ2n) is 10.7. The van der Waals surface area contributed by atoms with Crippen LogP contribution in [0.25, 0.3) is 0 Å². The molecule has 0 spiro atoms. The van der Waals surface area contributed by atoms with Crippen LogP contribution in [0.2, 0.25) is 0 Å². The van der Waals surface area contributed by atoms with Crippen molar-refractivity contribution in [3.63, 3.8) is 0 Å². The predicted molar refractivity (Wildman–Crippen MR) is 187 cm³/mol. The van der Waals surface area contributed by atoms with Gasteiger partial charge in [-0.25, -0.2) is 4.79 Å². The number of rotatable bonds is 39. The van der Waals surface area contributed by atoms with E-state index in [0.29, 0.717) is 152 Å². The van der Waals surface area contributed by atoms with E-state index in [-0.39, 0.29) is 25.4 Å². The van der Waals surface area contributed by atoms with Crippen molar-refractivity contribution in [2.24, 2.45) is 0 Å². The van der Waals surface area contributed by atoms with E-state index in [1.165, 1.54) is 0 Å². The fourth-order valence-corrected chi connectivity index (χ4v) is 3.79. The summed E-state index contributed by atoms with van der Waals surface area (Å²) in [5, 5.41) is 13.8. The van der Waals surface area contributed by atoms with E-state index in [4.69, 9.17) is 57.2 Å². The molecule has 2 amide bonds. The topological polar surface area (TPSA) is 197 Å². The van der Waals surface area contributed by atoms with Crippen LogP contribution < -0.4 is 10.6 Å². The molecule has 17 nitrogen and oxygen atoms in total. The number of carbonyl (C=O) groups excluding carboxylic acids is 2. The van der Waals surface area contributed by atoms with Gasteiger partial charge in [0.2, 0.25) is 5.91 Å². The molecular weight excluding hydrogens is 688 g/mol. The summed E-state index contributed by atoms with van der Waals surface area (Å²) < 4.78 is 59.6. The van der Waals surface area contributed by atoms with Crippen LogP contribution in [0, 0.1) is 0 Å². The van der Waals surface area contributed by atoms with Crippen LogP contribution in [-0.4, -0.2) is 168 Å². The fourth-order valence-electron chi connectivity index (χ4n) is 3.79. The lowest BCUT2D eigenvalue weighted by atomic mass is 10.2. The van der Waals surface area contributed by atoms with Crippen LogP contribution in [0.1, 0.15) is 24.8 Å². The molecule has 0 unspecified atom stereocenters. The number of amides is 2. The summed E-state index contributed by atoms with van der Waals surface area (Å²) >= 11 is 0. The molecule has 0 aliphatic rings. The molecule has 3 N–H and O–H groups in total. The van der Waals surface area contributed by atoms with Crippen LogP contribution in [0.5, 0.6) is 0 Å². The van der Waals surface area contributed by atoms with Crippen molar-refractivity contribution in [1.29, 1.82) is 0 Å². The van der Waals surface area contributed by atoms with Crippen LogP contribution >= 0.6 is 0 Å². The number of carbonyl (C=O) groups is 3. The van der Waals surface area contributed by atoms with Gasteiger partial charge in [0.1, 0.15) is 6.61 Å². The van der Waals surface area contributed by atoms with Gasteiger partial charge in [0.15, 0.2) is 0 Å². The van der Waals surface area contributed by atoms with Crippen molar-refractivity contribution in [1.82, 2.24) is 10.6 Å². The van der Waals surface area contributed by atoms with Gasteiger partial charge in [-0.1, -0.05) is 30.3 Å². The summed E-state index contributed by atoms with van der Waals surface area (Å²) in [6.45, 7) is 10.2. The molecule has 0 bridgehead atoms. The third-order valence-corrected chi connectivity index (χ3v) is 6.43. The number of benzene rings is 1. The van der Waals surface area contributed by atoms with Crippen LogP contribution in [0.4, 0.5) is 4.79 Å². The molecule has 0 radical (unpaired) electrons. The minimum Gasteiger partial charge on any atom is -0.481 e. The molecule has 52 heavy (non-hydrogen) atoms. The van der Waals surface area contributed by atoms with Crippen molar-refractivity contribution in [2.75, 3.05) is 145 Å². The Morgan fingerprint density at radius 3 is 1.25 bits per heavy atom. The molecule has 17 heteroatoms. The average molecular weight is 749 g/mol. The summed E-state index contributed by atoms with van der Waals surface area (Å²) in [7, 11) is 0. The summed E-state index contributed by atoms with van der Waals surface area (Å²) in [4.78, 5) is 33.4. The van der Waals surface area contributed by atoms with Gasteiger partial charge < -0.3 is 67.8 Å². The first-order valence-corrected chi connectivity index (χ1v) is 17.8. The lowest BCUT2D eigenvalue weighted by Crippen LogP contribution is -2.28. The Balaban J connectivity index is 1.64. The monoisotopic (exact) mass is 748 g/mol. The number of ether oxygens (including phenoxy) is 11. The van der Waals surface area contributed by atoms with Gasteiger partial charge in [0.05, 0.1) is 132 Å². The lowest BCUT2D eigenvalue weighted by molar-refractivity contribution is -0.138. The first-order chi connectivity index (χ1) is 25.6. The number of hydrogen-bond acceptors (Lipinski definition) is 14. The Bertz CT molecular complexity index is 962. The lowest BCUT2D eigenvalue weighted by Gasteiger charge is -2.09. The SMILES string of the molecule is O=C(O)CCC(=O)NCCCOCCOCCOCCOCCOCCOCCOCCOCCOCCOCCNC(=O)OCc1ccccc1. The van der Waals surface area contributed by atoms with Crippen molar-refractivity contribution < 1.29 is 71.6 Å². The molecule has 0 aliphatic carbocycles. The number of carboxylic acid groups (broad SMARTS) is 1. The Kier molecular flexibility index (Phi) is 34.2. The zero-order valence-corrected chi connectivity index (χ0v) is 30.4. The Labute approximate surface area is 307 Å². The number of nitrogens with one attached hydrogen (secondary N) is 2. The number of alkyl carbamates (subject to hydrolysis) is 1. The van der Waals surface area contributed by atoms with Crippen LogP contribution in [0.3, 0.4) is 0 Å². The zero-order valence-electron chi connectivity index (χ0n) is 30.4. The second-order valence-corrected chi connectivity index (χ2v) is 10.7. The molecule has 0 aliphatic heterocycles. The highest BCUT2D eigenvalue weighted by Crippen LogP contribution is 2.00. The van der Waals surface area contributed by atoms with Gasteiger partial charge in [-0.2, -0.15) is 0 Å².